The molecule has 0 aliphatic heterocycles. The molecule has 0 aromatic rings. The number of phosphoric acid groups is 1. The first-order valence-corrected chi connectivity index (χ1v) is 11.3. The Morgan fingerprint density at radius 2 is 0.852 bits per heavy atom. The van der Waals surface area contributed by atoms with E-state index in [-0.39, 0.29) is 11.0 Å². The van der Waals surface area contributed by atoms with Gasteiger partial charge in [-0.25, -0.2) is 4.57 Å². The lowest BCUT2D eigenvalue weighted by molar-refractivity contribution is -0.137. The molecule has 0 aromatic carbocycles. The van der Waals surface area contributed by atoms with Gasteiger partial charge in [-0.15, -0.1) is 0 Å². The summed E-state index contributed by atoms with van der Waals surface area (Å²) in [5, 5.41) is 8.52. The van der Waals surface area contributed by atoms with Crippen LogP contribution in [-0.4, -0.2) is 36.7 Å². The summed E-state index contributed by atoms with van der Waals surface area (Å²) >= 11 is 0. The van der Waals surface area contributed by atoms with Crippen LogP contribution >= 0.6 is 7.82 Å². The van der Waals surface area contributed by atoms with E-state index >= 15 is 0 Å². The van der Waals surface area contributed by atoms with Crippen molar-refractivity contribution in [1.82, 2.24) is 0 Å². The molecule has 0 saturated heterocycles. The predicted molar refractivity (Wildman–Crippen MR) is 109 cm³/mol. The van der Waals surface area contributed by atoms with E-state index in [1.165, 1.54) is 83.5 Å². The SMILES string of the molecule is CCCCCCCCCCCCCCCCCC(=O)O.O.O.O=P(O)(O)O. The molecular weight excluding hydrogens is 375 g/mol. The van der Waals surface area contributed by atoms with Gasteiger partial charge in [-0.3, -0.25) is 4.79 Å². The molecule has 0 radical (unpaired) electrons. The molecule has 0 aromatic heterocycles. The van der Waals surface area contributed by atoms with Crippen LogP contribution in [0.2, 0.25) is 0 Å². The molecule has 0 fully saturated rings. The van der Waals surface area contributed by atoms with Crippen molar-refractivity contribution in [2.75, 3.05) is 0 Å². The Hall–Kier alpha value is -0.500. The van der Waals surface area contributed by atoms with E-state index in [9.17, 15) is 4.79 Å². The van der Waals surface area contributed by atoms with Crippen molar-refractivity contribution in [2.45, 2.75) is 110 Å². The predicted octanol–water partition coefficient (Wildman–Crippen LogP) is 3.75. The lowest BCUT2D eigenvalue weighted by Gasteiger charge is -2.03. The van der Waals surface area contributed by atoms with Crippen LogP contribution in [-0.2, 0) is 9.36 Å². The maximum Gasteiger partial charge on any atom is 0.466 e. The van der Waals surface area contributed by atoms with Crippen molar-refractivity contribution in [3.8, 4) is 0 Å². The van der Waals surface area contributed by atoms with Crippen molar-refractivity contribution in [2.24, 2.45) is 0 Å². The Morgan fingerprint density at radius 3 is 1.07 bits per heavy atom. The fourth-order valence-electron chi connectivity index (χ4n) is 2.65. The number of rotatable bonds is 16. The Morgan fingerprint density at radius 1 is 0.630 bits per heavy atom. The van der Waals surface area contributed by atoms with E-state index in [4.69, 9.17) is 24.4 Å². The average Bonchev–Trinajstić information content (AvgIpc) is 2.49. The van der Waals surface area contributed by atoms with E-state index in [1.54, 1.807) is 0 Å². The normalized spacial score (nSPS) is 10.2. The monoisotopic (exact) mass is 418 g/mol. The Labute approximate surface area is 164 Å². The molecule has 27 heavy (non-hydrogen) atoms. The van der Waals surface area contributed by atoms with Gasteiger partial charge in [0.2, 0.25) is 0 Å². The van der Waals surface area contributed by atoms with Crippen molar-refractivity contribution >= 4 is 13.8 Å². The Balaban J connectivity index is -0.000000333. The smallest absolute Gasteiger partial charge is 0.466 e. The summed E-state index contributed by atoms with van der Waals surface area (Å²) in [5.74, 6) is -0.653. The van der Waals surface area contributed by atoms with Gasteiger partial charge in [-0.05, 0) is 6.42 Å². The summed E-state index contributed by atoms with van der Waals surface area (Å²) in [7, 11) is -4.64. The molecule has 0 atom stereocenters. The third-order valence-electron chi connectivity index (χ3n) is 3.99. The van der Waals surface area contributed by atoms with Crippen molar-refractivity contribution < 1.29 is 40.1 Å². The zero-order valence-electron chi connectivity index (χ0n) is 16.9. The summed E-state index contributed by atoms with van der Waals surface area (Å²) in [6.07, 6.45) is 20.2. The lowest BCUT2D eigenvalue weighted by Crippen LogP contribution is -1.93. The molecule has 0 rings (SSSR count). The second-order valence-corrected chi connectivity index (χ2v) is 7.63. The molecular formula is C18H43O8P. The number of hydrogen-bond donors (Lipinski definition) is 4. The van der Waals surface area contributed by atoms with Crippen LogP contribution in [0.25, 0.3) is 0 Å². The van der Waals surface area contributed by atoms with Crippen molar-refractivity contribution in [1.29, 1.82) is 0 Å². The maximum absolute atomic E-state index is 10.3. The summed E-state index contributed by atoms with van der Waals surface area (Å²) < 4.78 is 8.88. The summed E-state index contributed by atoms with van der Waals surface area (Å²) in [6, 6.07) is 0. The number of carboxylic acids is 1. The molecule has 8 nitrogen and oxygen atoms in total. The largest absolute Gasteiger partial charge is 0.481 e. The van der Waals surface area contributed by atoms with Crippen LogP contribution in [0.15, 0.2) is 0 Å². The summed E-state index contributed by atoms with van der Waals surface area (Å²) in [6.45, 7) is 2.27. The van der Waals surface area contributed by atoms with Crippen LogP contribution in [0.1, 0.15) is 110 Å². The standard InChI is InChI=1S/C18H36O2.H3O4P.2H2O/c1-2-3-4-5-6-7-8-9-10-11-12-13-14-15-16-17-18(19)20;1-5(2,3)4;;/h2-17H2,1H3,(H,19,20);(H3,1,2,3,4);2*1H2. The first-order valence-electron chi connectivity index (χ1n) is 9.77. The van der Waals surface area contributed by atoms with E-state index in [2.05, 4.69) is 6.92 Å². The van der Waals surface area contributed by atoms with Crippen LogP contribution in [0.4, 0.5) is 0 Å². The number of carboxylic acid groups (broad SMARTS) is 1. The van der Waals surface area contributed by atoms with E-state index in [0.717, 1.165) is 12.8 Å². The summed E-state index contributed by atoms with van der Waals surface area (Å²) in [4.78, 5) is 31.9. The van der Waals surface area contributed by atoms with Gasteiger partial charge in [-0.1, -0.05) is 96.8 Å². The molecule has 0 bridgehead atoms. The highest BCUT2D eigenvalue weighted by molar-refractivity contribution is 7.45. The maximum atomic E-state index is 10.3. The number of aliphatic carboxylic acids is 1. The number of carbonyl (C=O) groups is 1. The first-order chi connectivity index (χ1) is 11.8. The highest BCUT2D eigenvalue weighted by Gasteiger charge is 2.00. The van der Waals surface area contributed by atoms with Gasteiger partial charge in [0.25, 0.3) is 0 Å². The molecule has 0 aliphatic rings. The fourth-order valence-corrected chi connectivity index (χ4v) is 2.65. The van der Waals surface area contributed by atoms with Gasteiger partial charge in [0.05, 0.1) is 0 Å². The second kappa shape index (κ2) is 25.5. The summed E-state index contributed by atoms with van der Waals surface area (Å²) in [5.41, 5.74) is 0. The van der Waals surface area contributed by atoms with Crippen molar-refractivity contribution in [3.63, 3.8) is 0 Å². The van der Waals surface area contributed by atoms with Gasteiger partial charge < -0.3 is 30.7 Å². The average molecular weight is 419 g/mol. The zero-order chi connectivity index (χ0) is 19.4. The Bertz CT molecular complexity index is 325. The van der Waals surface area contributed by atoms with E-state index in [0.29, 0.717) is 6.42 Å². The van der Waals surface area contributed by atoms with Crippen LogP contribution in [0.3, 0.4) is 0 Å². The molecule has 0 spiro atoms. The second-order valence-electron chi connectivity index (χ2n) is 6.61. The lowest BCUT2D eigenvalue weighted by atomic mass is 10.0. The molecule has 168 valence electrons. The number of hydrogen-bond acceptors (Lipinski definition) is 2. The molecule has 0 unspecified atom stereocenters. The fraction of sp³-hybridized carbons (Fsp3) is 0.944. The van der Waals surface area contributed by atoms with E-state index in [1.807, 2.05) is 0 Å². The molecule has 0 saturated carbocycles. The van der Waals surface area contributed by atoms with Crippen LogP contribution in [0.5, 0.6) is 0 Å². The molecule has 0 heterocycles. The van der Waals surface area contributed by atoms with Crippen molar-refractivity contribution in [3.05, 3.63) is 0 Å². The minimum Gasteiger partial charge on any atom is -0.481 e. The zero-order valence-corrected chi connectivity index (χ0v) is 17.8. The molecule has 9 heteroatoms. The van der Waals surface area contributed by atoms with Gasteiger partial charge in [-0.2, -0.15) is 0 Å². The molecule has 8 N–H and O–H groups in total. The molecule has 0 amide bonds. The minimum absolute atomic E-state index is 0. The van der Waals surface area contributed by atoms with E-state index < -0.39 is 13.8 Å². The molecule has 0 aliphatic carbocycles. The quantitative estimate of drug-likeness (QED) is 0.219. The van der Waals surface area contributed by atoms with Gasteiger partial charge in [0.1, 0.15) is 0 Å². The van der Waals surface area contributed by atoms with Gasteiger partial charge in [0.15, 0.2) is 0 Å². The number of unbranched alkanes of at least 4 members (excludes halogenated alkanes) is 14. The van der Waals surface area contributed by atoms with Crippen LogP contribution in [0, 0.1) is 0 Å². The highest BCUT2D eigenvalue weighted by Crippen LogP contribution is 2.25. The Kier molecular flexibility index (Phi) is 32.1. The topological polar surface area (TPSA) is 178 Å². The minimum atomic E-state index is -4.64. The van der Waals surface area contributed by atoms with Gasteiger partial charge >= 0.3 is 13.8 Å². The van der Waals surface area contributed by atoms with Gasteiger partial charge in [0, 0.05) is 6.42 Å². The van der Waals surface area contributed by atoms with Crippen LogP contribution < -0.4 is 0 Å². The highest BCUT2D eigenvalue weighted by atomic mass is 31.2. The first kappa shape index (κ1) is 34.0. The third-order valence-corrected chi connectivity index (χ3v) is 3.99. The third kappa shape index (κ3) is 51.7.